The molecule has 0 amide bonds. The van der Waals surface area contributed by atoms with Gasteiger partial charge in [-0.2, -0.15) is 0 Å². The highest BCUT2D eigenvalue weighted by molar-refractivity contribution is 9.09. The Balaban J connectivity index is 4.09. The molecule has 0 unspecified atom stereocenters. The number of alkyl halides is 3. The van der Waals surface area contributed by atoms with E-state index in [0.29, 0.717) is 19.6 Å². The van der Waals surface area contributed by atoms with Crippen LogP contribution in [-0.2, 0) is 28.6 Å². The first kappa shape index (κ1) is 21.8. The van der Waals surface area contributed by atoms with Crippen molar-refractivity contribution in [3.8, 4) is 0 Å². The average molecular weight is 513 g/mol. The van der Waals surface area contributed by atoms with E-state index < -0.39 is 0 Å². The monoisotopic (exact) mass is 510 g/mol. The van der Waals surface area contributed by atoms with Gasteiger partial charge in [-0.1, -0.05) is 47.8 Å². The van der Waals surface area contributed by atoms with E-state index >= 15 is 0 Å². The summed E-state index contributed by atoms with van der Waals surface area (Å²) in [5.41, 5.74) is 0. The molecule has 0 aromatic rings. The van der Waals surface area contributed by atoms with Crippen LogP contribution < -0.4 is 4.90 Å². The summed E-state index contributed by atoms with van der Waals surface area (Å²) in [7, 11) is 0. The zero-order valence-electron chi connectivity index (χ0n) is 11.9. The Morgan fingerprint density at radius 2 is 0.909 bits per heavy atom. The summed E-state index contributed by atoms with van der Waals surface area (Å²) in [5, 5.41) is 0.441. The molecule has 0 aliphatic carbocycles. The van der Waals surface area contributed by atoms with Crippen LogP contribution in [0.1, 0.15) is 0 Å². The van der Waals surface area contributed by atoms with E-state index in [4.69, 9.17) is 14.2 Å². The molecule has 0 saturated heterocycles. The number of ether oxygens (including phenoxy) is 3. The second kappa shape index (κ2) is 14.4. The minimum absolute atomic E-state index is 0.147. The maximum atomic E-state index is 11.1. The smallest absolute Gasteiger partial charge is 0.316 e. The zero-order chi connectivity index (χ0) is 16.8. The van der Waals surface area contributed by atoms with Crippen molar-refractivity contribution in [3.05, 3.63) is 0 Å². The molecule has 128 valence electrons. The van der Waals surface area contributed by atoms with Crippen molar-refractivity contribution in [2.24, 2.45) is 0 Å². The second-order valence-corrected chi connectivity index (χ2v) is 5.74. The van der Waals surface area contributed by atoms with Gasteiger partial charge in [0.2, 0.25) is 0 Å². The minimum Gasteiger partial charge on any atom is -0.459 e. The summed E-state index contributed by atoms with van der Waals surface area (Å²) >= 11 is 9.03. The number of hydrogen-bond acceptors (Lipinski definition) is 6. The molecule has 0 rings (SSSR count). The number of nitrogens with one attached hydrogen (secondary N) is 1. The second-order valence-electron chi connectivity index (χ2n) is 4.06. The summed E-state index contributed by atoms with van der Waals surface area (Å²) in [5.74, 6) is -1.01. The number of carbonyl (C=O) groups excluding carboxylic acids is 3. The third-order valence-corrected chi connectivity index (χ3v) is 3.86. The average Bonchev–Trinajstić information content (AvgIpc) is 2.53. The van der Waals surface area contributed by atoms with Crippen LogP contribution in [0.2, 0.25) is 0 Å². The highest BCUT2D eigenvalue weighted by Gasteiger charge is 2.12. The Bertz CT molecular complexity index is 303. The Kier molecular flexibility index (Phi) is 14.3. The molecule has 22 heavy (non-hydrogen) atoms. The first-order chi connectivity index (χ1) is 10.5. The van der Waals surface area contributed by atoms with Crippen molar-refractivity contribution in [3.63, 3.8) is 0 Å². The molecule has 0 aliphatic rings. The number of quaternary nitrogens is 1. The van der Waals surface area contributed by atoms with Crippen molar-refractivity contribution in [1.82, 2.24) is 0 Å². The highest BCUT2D eigenvalue weighted by atomic mass is 79.9. The first-order valence-electron chi connectivity index (χ1n) is 6.51. The molecule has 0 bridgehead atoms. The standard InChI is InChI=1S/C12H18Br3NO6/c13-7-10(17)20-4-1-16(2-5-21-11(18)8-14)3-6-22-12(19)9-15/h1-9H2/p+1. The molecular formula is C12H19Br3NO6+. The van der Waals surface area contributed by atoms with Crippen LogP contribution in [0.15, 0.2) is 0 Å². The van der Waals surface area contributed by atoms with Gasteiger partial charge in [0.05, 0.1) is 0 Å². The summed E-state index contributed by atoms with van der Waals surface area (Å²) in [6.45, 7) is 2.36. The van der Waals surface area contributed by atoms with Gasteiger partial charge in [0.1, 0.15) is 55.4 Å². The third-order valence-electron chi connectivity index (χ3n) is 2.48. The topological polar surface area (TPSA) is 83.3 Å². The Morgan fingerprint density at radius 3 is 1.14 bits per heavy atom. The van der Waals surface area contributed by atoms with E-state index in [-0.39, 0.29) is 53.7 Å². The maximum Gasteiger partial charge on any atom is 0.316 e. The summed E-state index contributed by atoms with van der Waals surface area (Å²) < 4.78 is 14.9. The molecule has 0 saturated carbocycles. The lowest BCUT2D eigenvalue weighted by molar-refractivity contribution is -0.900. The molecular weight excluding hydrogens is 494 g/mol. The van der Waals surface area contributed by atoms with E-state index in [1.807, 2.05) is 0 Å². The number of hydrogen-bond donors (Lipinski definition) is 1. The van der Waals surface area contributed by atoms with Gasteiger partial charge < -0.3 is 19.1 Å². The van der Waals surface area contributed by atoms with E-state index in [0.717, 1.165) is 4.90 Å². The number of rotatable bonds is 12. The largest absolute Gasteiger partial charge is 0.459 e. The van der Waals surface area contributed by atoms with Crippen molar-refractivity contribution in [1.29, 1.82) is 0 Å². The zero-order valence-corrected chi connectivity index (χ0v) is 16.7. The van der Waals surface area contributed by atoms with E-state index in [1.165, 1.54) is 0 Å². The molecule has 0 heterocycles. The molecule has 0 spiro atoms. The van der Waals surface area contributed by atoms with Gasteiger partial charge >= 0.3 is 17.9 Å². The van der Waals surface area contributed by atoms with E-state index in [1.54, 1.807) is 0 Å². The number of esters is 3. The predicted molar refractivity (Wildman–Crippen MR) is 89.8 cm³/mol. The third kappa shape index (κ3) is 12.4. The summed E-state index contributed by atoms with van der Waals surface area (Å²) in [6, 6.07) is 0. The van der Waals surface area contributed by atoms with Gasteiger partial charge in [-0.15, -0.1) is 0 Å². The fraction of sp³-hybridized carbons (Fsp3) is 0.750. The summed E-state index contributed by atoms with van der Waals surface area (Å²) in [6.07, 6.45) is 0. The number of halogens is 3. The summed E-state index contributed by atoms with van der Waals surface area (Å²) in [4.78, 5) is 34.2. The Morgan fingerprint density at radius 1 is 0.636 bits per heavy atom. The quantitative estimate of drug-likeness (QED) is 0.219. The number of carbonyl (C=O) groups is 3. The molecule has 0 aromatic heterocycles. The van der Waals surface area contributed by atoms with Crippen LogP contribution in [0, 0.1) is 0 Å². The van der Waals surface area contributed by atoms with Crippen molar-refractivity contribution < 1.29 is 33.5 Å². The van der Waals surface area contributed by atoms with Gasteiger partial charge in [-0.05, 0) is 0 Å². The fourth-order valence-electron chi connectivity index (χ4n) is 1.42. The highest BCUT2D eigenvalue weighted by Crippen LogP contribution is 1.86. The first-order valence-corrected chi connectivity index (χ1v) is 9.88. The van der Waals surface area contributed by atoms with Gasteiger partial charge in [0, 0.05) is 0 Å². The van der Waals surface area contributed by atoms with Crippen LogP contribution in [0.5, 0.6) is 0 Å². The molecule has 0 radical (unpaired) electrons. The van der Waals surface area contributed by atoms with Crippen LogP contribution in [-0.4, -0.2) is 73.4 Å². The van der Waals surface area contributed by atoms with Crippen molar-refractivity contribution in [2.75, 3.05) is 55.4 Å². The molecule has 10 heteroatoms. The minimum atomic E-state index is -0.337. The maximum absolute atomic E-state index is 11.1. The molecule has 1 N–H and O–H groups in total. The predicted octanol–water partition coefficient (Wildman–Crippen LogP) is -0.314. The van der Waals surface area contributed by atoms with E-state index in [2.05, 4.69) is 47.8 Å². The normalized spacial score (nSPS) is 10.4. The Hall–Kier alpha value is -0.190. The molecule has 7 nitrogen and oxygen atoms in total. The lowest BCUT2D eigenvalue weighted by Gasteiger charge is -2.19. The lowest BCUT2D eigenvalue weighted by Crippen LogP contribution is -3.13. The van der Waals surface area contributed by atoms with Gasteiger partial charge in [-0.3, -0.25) is 14.4 Å². The van der Waals surface area contributed by atoms with Crippen molar-refractivity contribution >= 4 is 65.7 Å². The van der Waals surface area contributed by atoms with Crippen LogP contribution >= 0.6 is 47.8 Å². The van der Waals surface area contributed by atoms with Crippen molar-refractivity contribution in [2.45, 2.75) is 0 Å². The Labute approximate surface area is 154 Å². The van der Waals surface area contributed by atoms with Crippen LogP contribution in [0.3, 0.4) is 0 Å². The fourth-order valence-corrected chi connectivity index (χ4v) is 1.90. The van der Waals surface area contributed by atoms with Gasteiger partial charge in [0.15, 0.2) is 0 Å². The lowest BCUT2D eigenvalue weighted by atomic mass is 10.4. The van der Waals surface area contributed by atoms with Gasteiger partial charge in [0.25, 0.3) is 0 Å². The molecule has 0 fully saturated rings. The SMILES string of the molecule is O=C(CBr)OCC[NH+](CCOC(=O)CBr)CCOC(=O)CBr. The molecule has 0 aromatic carbocycles. The molecule has 0 atom stereocenters. The van der Waals surface area contributed by atoms with E-state index in [9.17, 15) is 14.4 Å². The van der Waals surface area contributed by atoms with Crippen LogP contribution in [0.4, 0.5) is 0 Å². The van der Waals surface area contributed by atoms with Crippen LogP contribution in [0.25, 0.3) is 0 Å². The molecule has 0 aliphatic heterocycles. The van der Waals surface area contributed by atoms with Gasteiger partial charge in [-0.25, -0.2) is 0 Å².